The molecule has 3 aromatic rings. The van der Waals surface area contributed by atoms with Crippen LogP contribution in [-0.4, -0.2) is 66.6 Å². The minimum Gasteiger partial charge on any atom is -0.452 e. The molecule has 17 heteroatoms. The molecule has 0 aromatic heterocycles. The van der Waals surface area contributed by atoms with Gasteiger partial charge in [0.25, 0.3) is 17.1 Å². The number of amides is 4. The van der Waals surface area contributed by atoms with Crippen LogP contribution < -0.4 is 20.0 Å². The quantitative estimate of drug-likeness (QED) is 0.309. The van der Waals surface area contributed by atoms with E-state index in [1.54, 1.807) is 24.3 Å². The number of fused-ring (bicyclic) bond motifs is 3. The van der Waals surface area contributed by atoms with E-state index in [4.69, 9.17) is 0 Å². The van der Waals surface area contributed by atoms with Crippen molar-refractivity contribution in [3.63, 3.8) is 0 Å². The van der Waals surface area contributed by atoms with E-state index >= 15 is 0 Å². The van der Waals surface area contributed by atoms with Crippen LogP contribution in [0.4, 0.5) is 43.7 Å². The third-order valence-corrected chi connectivity index (χ3v) is 7.74. The number of carbonyl (C=O) groups excluding carboxylic acids is 3. The molecular formula is C30H31N7O10. The summed E-state index contributed by atoms with van der Waals surface area (Å²) in [7, 11) is 2.77. The Balaban J connectivity index is 0.000000160. The molecule has 17 nitrogen and oxygen atoms in total. The first-order chi connectivity index (χ1) is 22.4. The maximum absolute atomic E-state index is 11.5. The molecule has 0 aliphatic carbocycles. The van der Waals surface area contributed by atoms with Crippen LogP contribution in [0.25, 0.3) is 0 Å². The summed E-state index contributed by atoms with van der Waals surface area (Å²) < 4.78 is 4.59. The van der Waals surface area contributed by atoms with Crippen molar-refractivity contribution in [3.05, 3.63) is 102 Å². The molecule has 0 bridgehead atoms. The highest BCUT2D eigenvalue weighted by Crippen LogP contribution is 2.38. The number of nitrogens with zero attached hydrogens (tertiary/aromatic N) is 6. The zero-order chi connectivity index (χ0) is 34.4. The number of hydrogen-bond acceptors (Lipinski definition) is 10. The van der Waals surface area contributed by atoms with E-state index in [9.17, 15) is 44.7 Å². The van der Waals surface area contributed by atoms with Crippen molar-refractivity contribution in [1.82, 2.24) is 5.32 Å². The predicted molar refractivity (Wildman–Crippen MR) is 170 cm³/mol. The van der Waals surface area contributed by atoms with Crippen LogP contribution in [0.15, 0.2) is 54.6 Å². The lowest BCUT2D eigenvalue weighted by atomic mass is 10.1. The van der Waals surface area contributed by atoms with Gasteiger partial charge in [-0.3, -0.25) is 44.9 Å². The lowest BCUT2D eigenvalue weighted by Gasteiger charge is -2.16. The molecule has 3 aliphatic heterocycles. The van der Waals surface area contributed by atoms with Gasteiger partial charge in [0.05, 0.1) is 21.9 Å². The number of ether oxygens (including phenoxy) is 1. The van der Waals surface area contributed by atoms with Gasteiger partial charge in [-0.15, -0.1) is 0 Å². The van der Waals surface area contributed by atoms with Crippen molar-refractivity contribution in [2.24, 2.45) is 0 Å². The summed E-state index contributed by atoms with van der Waals surface area (Å²) in [5.74, 6) is -0.150. The molecule has 0 saturated heterocycles. The first kappa shape index (κ1) is 33.8. The van der Waals surface area contributed by atoms with E-state index in [1.807, 2.05) is 12.1 Å². The molecule has 246 valence electrons. The van der Waals surface area contributed by atoms with Gasteiger partial charge in [-0.05, 0) is 36.0 Å². The van der Waals surface area contributed by atoms with Crippen LogP contribution in [0.3, 0.4) is 0 Å². The normalized spacial score (nSPS) is 13.6. The topological polar surface area (TPSA) is 212 Å². The molecule has 0 saturated carbocycles. The van der Waals surface area contributed by atoms with Crippen LogP contribution in [0, 0.1) is 30.3 Å². The summed E-state index contributed by atoms with van der Waals surface area (Å²) >= 11 is 0. The monoisotopic (exact) mass is 649 g/mol. The van der Waals surface area contributed by atoms with Crippen molar-refractivity contribution in [1.29, 1.82) is 0 Å². The second kappa shape index (κ2) is 14.3. The Labute approximate surface area is 267 Å². The SMILES string of the molecule is CC(=O)N1CCc2cccc([N+](=O)[O-])c21.CNC(=O)N1CCc2cccc([N+](=O)[O-])c21.COC(=O)N1CCc2cccc([N+](=O)[O-])c21. The summed E-state index contributed by atoms with van der Waals surface area (Å²) in [5, 5.41) is 35.0. The van der Waals surface area contributed by atoms with Gasteiger partial charge in [-0.25, -0.2) is 9.59 Å². The van der Waals surface area contributed by atoms with Gasteiger partial charge in [0.15, 0.2) is 0 Å². The summed E-state index contributed by atoms with van der Waals surface area (Å²) in [6, 6.07) is 14.3. The van der Waals surface area contributed by atoms with E-state index in [2.05, 4.69) is 10.1 Å². The molecule has 0 radical (unpaired) electrons. The first-order valence-corrected chi connectivity index (χ1v) is 14.3. The molecule has 3 heterocycles. The molecule has 0 spiro atoms. The summed E-state index contributed by atoms with van der Waals surface area (Å²) in [6.45, 7) is 2.87. The summed E-state index contributed by atoms with van der Waals surface area (Å²) in [4.78, 5) is 69.6. The summed E-state index contributed by atoms with van der Waals surface area (Å²) in [6.07, 6.45) is 1.40. The zero-order valence-corrected chi connectivity index (χ0v) is 25.7. The largest absolute Gasteiger partial charge is 0.452 e. The maximum Gasteiger partial charge on any atom is 0.414 e. The highest BCUT2D eigenvalue weighted by atomic mass is 16.6. The Morgan fingerprint density at radius 2 is 1.02 bits per heavy atom. The Morgan fingerprint density at radius 3 is 1.38 bits per heavy atom. The van der Waals surface area contributed by atoms with Crippen molar-refractivity contribution >= 4 is 52.2 Å². The Kier molecular flexibility index (Phi) is 10.3. The van der Waals surface area contributed by atoms with Crippen molar-refractivity contribution in [2.45, 2.75) is 26.2 Å². The molecule has 0 unspecified atom stereocenters. The average Bonchev–Trinajstić information content (AvgIpc) is 3.81. The number of nitro groups is 3. The first-order valence-electron chi connectivity index (χ1n) is 14.3. The lowest BCUT2D eigenvalue weighted by Crippen LogP contribution is -2.36. The Morgan fingerprint density at radius 1 is 0.660 bits per heavy atom. The molecule has 4 amide bonds. The van der Waals surface area contributed by atoms with Crippen molar-refractivity contribution in [3.8, 4) is 0 Å². The van der Waals surface area contributed by atoms with Gasteiger partial charge in [-0.2, -0.15) is 0 Å². The predicted octanol–water partition coefficient (Wildman–Crippen LogP) is 4.52. The molecule has 1 N–H and O–H groups in total. The van der Waals surface area contributed by atoms with Crippen LogP contribution in [0.1, 0.15) is 23.6 Å². The van der Waals surface area contributed by atoms with E-state index in [0.29, 0.717) is 56.0 Å². The van der Waals surface area contributed by atoms with E-state index in [0.717, 1.165) is 16.7 Å². The van der Waals surface area contributed by atoms with Crippen LogP contribution in [0.2, 0.25) is 0 Å². The maximum atomic E-state index is 11.5. The number of anilines is 3. The van der Waals surface area contributed by atoms with Crippen LogP contribution >= 0.6 is 0 Å². The van der Waals surface area contributed by atoms with Crippen LogP contribution in [-0.2, 0) is 28.8 Å². The van der Waals surface area contributed by atoms with Crippen molar-refractivity contribution < 1.29 is 33.9 Å². The number of hydrogen-bond donors (Lipinski definition) is 1. The van der Waals surface area contributed by atoms with E-state index in [-0.39, 0.29) is 29.0 Å². The summed E-state index contributed by atoms with van der Waals surface area (Å²) in [5.41, 5.74) is 3.72. The number of urea groups is 1. The van der Waals surface area contributed by atoms with Gasteiger partial charge in [0, 0.05) is 51.8 Å². The molecule has 47 heavy (non-hydrogen) atoms. The number of nitrogens with one attached hydrogen (secondary N) is 1. The smallest absolute Gasteiger partial charge is 0.414 e. The third kappa shape index (κ3) is 6.92. The molecular weight excluding hydrogens is 618 g/mol. The average molecular weight is 650 g/mol. The fraction of sp³-hybridized carbons (Fsp3) is 0.300. The number of benzene rings is 3. The van der Waals surface area contributed by atoms with E-state index in [1.165, 1.54) is 54.0 Å². The Bertz CT molecular complexity index is 1680. The molecule has 0 fully saturated rings. The Hall–Kier alpha value is -6.13. The highest BCUT2D eigenvalue weighted by Gasteiger charge is 2.33. The fourth-order valence-electron chi connectivity index (χ4n) is 5.69. The fourth-order valence-corrected chi connectivity index (χ4v) is 5.69. The van der Waals surface area contributed by atoms with Gasteiger partial charge >= 0.3 is 12.1 Å². The van der Waals surface area contributed by atoms with E-state index < -0.39 is 20.9 Å². The molecule has 6 rings (SSSR count). The van der Waals surface area contributed by atoms with Gasteiger partial charge < -0.3 is 15.0 Å². The highest BCUT2D eigenvalue weighted by molar-refractivity contribution is 5.97. The number of methoxy groups -OCH3 is 1. The number of para-hydroxylation sites is 3. The van der Waals surface area contributed by atoms with Gasteiger partial charge in [0.2, 0.25) is 5.91 Å². The van der Waals surface area contributed by atoms with Gasteiger partial charge in [0.1, 0.15) is 17.1 Å². The second-order valence-electron chi connectivity index (χ2n) is 10.4. The minimum atomic E-state index is -0.562. The standard InChI is InChI=1S/C10H11N3O3.C10H10N2O4.C10H10N2O3/c1-11-10(14)12-6-5-7-3-2-4-8(9(7)12)13(15)16;1-16-10(13)11-6-5-7-3-2-4-8(9(7)11)12(14)15;1-7(13)11-6-5-8-3-2-4-9(10(8)11)12(14)15/h2-4H,5-6H2,1H3,(H,11,14);2-4H,5-6H2,1H3;2-4H,5-6H2,1H3. The minimum absolute atomic E-state index is 0.0141. The second-order valence-corrected chi connectivity index (χ2v) is 10.4. The lowest BCUT2D eigenvalue weighted by molar-refractivity contribution is -0.384. The number of nitro benzene ring substituents is 3. The van der Waals surface area contributed by atoms with Gasteiger partial charge in [-0.1, -0.05) is 36.4 Å². The molecule has 3 aliphatic rings. The van der Waals surface area contributed by atoms with Crippen molar-refractivity contribution in [2.75, 3.05) is 48.5 Å². The number of carbonyl (C=O) groups is 3. The third-order valence-electron chi connectivity index (χ3n) is 7.74. The number of rotatable bonds is 3. The zero-order valence-electron chi connectivity index (χ0n) is 25.7. The molecule has 0 atom stereocenters. The molecule has 3 aromatic carbocycles. The van der Waals surface area contributed by atoms with Crippen LogP contribution in [0.5, 0.6) is 0 Å².